The highest BCUT2D eigenvalue weighted by Gasteiger charge is 2.24. The highest BCUT2D eigenvalue weighted by Crippen LogP contribution is 2.23. The van der Waals surface area contributed by atoms with Crippen molar-refractivity contribution >= 4 is 16.9 Å². The fourth-order valence-electron chi connectivity index (χ4n) is 1.59. The number of oxazole rings is 1. The first kappa shape index (κ1) is 13.4. The van der Waals surface area contributed by atoms with Crippen LogP contribution in [0.15, 0.2) is 23.1 Å². The second-order valence-corrected chi connectivity index (χ2v) is 4.76. The first-order valence-electron chi connectivity index (χ1n) is 5.13. The molecule has 0 radical (unpaired) electrons. The van der Waals surface area contributed by atoms with E-state index in [2.05, 4.69) is 9.97 Å². The third-order valence-corrected chi connectivity index (χ3v) is 3.41. The molecule has 0 saturated heterocycles. The summed E-state index contributed by atoms with van der Waals surface area (Å²) in [5.41, 5.74) is 0. The van der Waals surface area contributed by atoms with E-state index in [1.54, 1.807) is 0 Å². The van der Waals surface area contributed by atoms with Crippen molar-refractivity contribution in [3.63, 3.8) is 0 Å². The molecule has 0 aliphatic rings. The summed E-state index contributed by atoms with van der Waals surface area (Å²) in [4.78, 5) is 17.7. The highest BCUT2D eigenvalue weighted by atomic mass is 32.2. The third kappa shape index (κ3) is 2.69. The molecule has 0 aromatic carbocycles. The zero-order chi connectivity index (χ0) is 14.0. The van der Waals surface area contributed by atoms with Crippen molar-refractivity contribution < 1.29 is 18.1 Å². The second kappa shape index (κ2) is 5.28. The van der Waals surface area contributed by atoms with Crippen LogP contribution in [0.3, 0.4) is 0 Å². The molecule has 0 aliphatic heterocycles. The zero-order valence-electron chi connectivity index (χ0n) is 9.75. The van der Waals surface area contributed by atoms with Gasteiger partial charge in [0.2, 0.25) is 5.89 Å². The average molecular weight is 285 g/mol. The molecule has 0 fully saturated rings. The van der Waals surface area contributed by atoms with E-state index in [0.29, 0.717) is 0 Å². The fraction of sp³-hybridized carbons (Fsp3) is 0.333. The van der Waals surface area contributed by atoms with Gasteiger partial charge >= 0.3 is 5.82 Å². The first-order chi connectivity index (χ1) is 9.00. The van der Waals surface area contributed by atoms with Crippen LogP contribution in [0, 0.1) is 10.1 Å². The maximum Gasteiger partial charge on any atom is 0.342 e. The van der Waals surface area contributed by atoms with Gasteiger partial charge in [-0.05, 0) is 16.0 Å². The molecule has 102 valence electrons. The van der Waals surface area contributed by atoms with Crippen LogP contribution < -0.4 is 0 Å². The van der Waals surface area contributed by atoms with Gasteiger partial charge in [-0.15, -0.1) is 0 Å². The summed E-state index contributed by atoms with van der Waals surface area (Å²) in [6.45, 7) is 0. The maximum atomic E-state index is 11.2. The lowest BCUT2D eigenvalue weighted by atomic mass is 10.3. The largest absolute Gasteiger partial charge is 0.772 e. The SMILES string of the molecule is Cn1c([N+](=O)[O-])cnc1CC(c1ncco1)S(=O)[O-]. The number of aromatic nitrogens is 3. The third-order valence-electron chi connectivity index (χ3n) is 2.57. The Morgan fingerprint density at radius 1 is 1.58 bits per heavy atom. The number of nitro groups is 1. The van der Waals surface area contributed by atoms with Crippen molar-refractivity contribution in [2.75, 3.05) is 0 Å². The quantitative estimate of drug-likeness (QED) is 0.444. The Balaban J connectivity index is 2.28. The van der Waals surface area contributed by atoms with Crippen LogP contribution in [-0.2, 0) is 24.5 Å². The Kier molecular flexibility index (Phi) is 3.71. The predicted octanol–water partition coefficient (Wildman–Crippen LogP) is 0.479. The summed E-state index contributed by atoms with van der Waals surface area (Å²) >= 11 is -2.47. The van der Waals surface area contributed by atoms with Crippen LogP contribution in [0.2, 0.25) is 0 Å². The Morgan fingerprint density at radius 2 is 2.32 bits per heavy atom. The number of imidazole rings is 1. The van der Waals surface area contributed by atoms with Gasteiger partial charge in [-0.2, -0.15) is 0 Å². The van der Waals surface area contributed by atoms with Crippen LogP contribution >= 0.6 is 0 Å². The zero-order valence-corrected chi connectivity index (χ0v) is 10.6. The monoisotopic (exact) mass is 285 g/mol. The van der Waals surface area contributed by atoms with Crippen molar-refractivity contribution in [2.45, 2.75) is 11.7 Å². The minimum absolute atomic E-state index is 0.0268. The molecule has 9 nitrogen and oxygen atoms in total. The van der Waals surface area contributed by atoms with Gasteiger partial charge in [-0.3, -0.25) is 4.21 Å². The molecule has 10 heteroatoms. The normalized spacial score (nSPS) is 14.2. The van der Waals surface area contributed by atoms with Crippen molar-refractivity contribution in [2.24, 2.45) is 7.05 Å². The summed E-state index contributed by atoms with van der Waals surface area (Å²) in [6, 6.07) is 0. The van der Waals surface area contributed by atoms with Crippen LogP contribution in [0.1, 0.15) is 17.0 Å². The van der Waals surface area contributed by atoms with E-state index in [-0.39, 0.29) is 24.0 Å². The van der Waals surface area contributed by atoms with Gasteiger partial charge in [-0.25, -0.2) is 14.5 Å². The van der Waals surface area contributed by atoms with E-state index in [9.17, 15) is 18.9 Å². The van der Waals surface area contributed by atoms with Gasteiger partial charge in [0.25, 0.3) is 0 Å². The number of nitrogens with zero attached hydrogens (tertiary/aromatic N) is 4. The van der Waals surface area contributed by atoms with Gasteiger partial charge in [0.1, 0.15) is 17.7 Å². The van der Waals surface area contributed by atoms with Gasteiger partial charge < -0.3 is 19.1 Å². The summed E-state index contributed by atoms with van der Waals surface area (Å²) in [5, 5.41) is 9.64. The predicted molar refractivity (Wildman–Crippen MR) is 61.7 cm³/mol. The molecule has 2 rings (SSSR count). The maximum absolute atomic E-state index is 11.2. The first-order valence-corrected chi connectivity index (χ1v) is 6.27. The Labute approximate surface area is 109 Å². The van der Waals surface area contributed by atoms with Gasteiger partial charge in [-0.1, -0.05) is 0 Å². The van der Waals surface area contributed by atoms with Crippen LogP contribution in [0.5, 0.6) is 0 Å². The number of hydrogen-bond donors (Lipinski definition) is 0. The van der Waals surface area contributed by atoms with Gasteiger partial charge in [0.15, 0.2) is 5.82 Å². The minimum Gasteiger partial charge on any atom is -0.772 e. The molecule has 2 heterocycles. The summed E-state index contributed by atoms with van der Waals surface area (Å²) in [6.07, 6.45) is 3.61. The molecular formula is C9H9N4O5S-. The van der Waals surface area contributed by atoms with E-state index in [0.717, 1.165) is 6.20 Å². The highest BCUT2D eigenvalue weighted by molar-refractivity contribution is 7.79. The van der Waals surface area contributed by atoms with Crippen LogP contribution in [-0.4, -0.2) is 28.2 Å². The van der Waals surface area contributed by atoms with Crippen LogP contribution in [0.4, 0.5) is 5.82 Å². The van der Waals surface area contributed by atoms with E-state index in [4.69, 9.17) is 4.42 Å². The van der Waals surface area contributed by atoms with Crippen molar-refractivity contribution in [1.29, 1.82) is 0 Å². The van der Waals surface area contributed by atoms with E-state index in [1.807, 2.05) is 0 Å². The fourth-order valence-corrected chi connectivity index (χ4v) is 2.16. The molecule has 0 aliphatic carbocycles. The van der Waals surface area contributed by atoms with E-state index >= 15 is 0 Å². The Hall–Kier alpha value is -2.07. The Bertz CT molecular complexity index is 608. The standard InChI is InChI=1S/C9H10N4O5S/c1-12-7(11-5-8(12)13(14)15)4-6(19(16)17)9-10-2-3-18-9/h2-3,5-6H,4H2,1H3,(H,16,17)/p-1. The molecule has 0 bridgehead atoms. The summed E-state index contributed by atoms with van der Waals surface area (Å²) < 4.78 is 28.5. The molecule has 2 unspecified atom stereocenters. The smallest absolute Gasteiger partial charge is 0.342 e. The lowest BCUT2D eigenvalue weighted by Gasteiger charge is -2.14. The molecule has 0 amide bonds. The molecule has 0 N–H and O–H groups in total. The van der Waals surface area contributed by atoms with Crippen LogP contribution in [0.25, 0.3) is 0 Å². The number of rotatable bonds is 5. The lowest BCUT2D eigenvalue weighted by molar-refractivity contribution is -0.391. The number of hydrogen-bond acceptors (Lipinski definition) is 7. The second-order valence-electron chi connectivity index (χ2n) is 3.67. The molecule has 2 atom stereocenters. The van der Waals surface area contributed by atoms with E-state index < -0.39 is 21.3 Å². The Morgan fingerprint density at radius 3 is 2.79 bits per heavy atom. The molecule has 19 heavy (non-hydrogen) atoms. The average Bonchev–Trinajstić information content (AvgIpc) is 2.95. The topological polar surface area (TPSA) is 127 Å². The van der Waals surface area contributed by atoms with Crippen molar-refractivity contribution in [3.8, 4) is 0 Å². The lowest BCUT2D eigenvalue weighted by Crippen LogP contribution is -2.13. The molecule has 0 spiro atoms. The van der Waals surface area contributed by atoms with Crippen molar-refractivity contribution in [3.05, 3.63) is 40.5 Å². The van der Waals surface area contributed by atoms with Gasteiger partial charge in [0.05, 0.1) is 19.7 Å². The van der Waals surface area contributed by atoms with Gasteiger partial charge in [0, 0.05) is 0 Å². The van der Waals surface area contributed by atoms with E-state index in [1.165, 1.54) is 24.1 Å². The van der Waals surface area contributed by atoms with Crippen molar-refractivity contribution in [1.82, 2.24) is 14.5 Å². The minimum atomic E-state index is -2.47. The summed E-state index contributed by atoms with van der Waals surface area (Å²) in [5.74, 6) is 0.0796. The molecule has 2 aromatic rings. The molecule has 2 aromatic heterocycles. The molecule has 0 saturated carbocycles. The molecular weight excluding hydrogens is 276 g/mol. The summed E-state index contributed by atoms with van der Waals surface area (Å²) in [7, 11) is 1.45.